The van der Waals surface area contributed by atoms with E-state index in [4.69, 9.17) is 13.7 Å². The number of nitrogens with zero attached hydrogens (tertiary/aromatic N) is 4. The molecule has 2 aromatic carbocycles. The Morgan fingerprint density at radius 3 is 2.70 bits per heavy atom. The number of fused-ring (bicyclic) bond motifs is 1. The van der Waals surface area contributed by atoms with E-state index in [9.17, 15) is 0 Å². The lowest BCUT2D eigenvalue weighted by atomic mass is 10.1. The third-order valence-electron chi connectivity index (χ3n) is 4.07. The predicted molar refractivity (Wildman–Crippen MR) is 95.7 cm³/mol. The first-order valence-corrected chi connectivity index (χ1v) is 8.26. The zero-order valence-corrected chi connectivity index (χ0v) is 14.0. The van der Waals surface area contributed by atoms with Crippen molar-refractivity contribution >= 4 is 11.0 Å². The molecular weight excluding hydrogens is 346 g/mol. The van der Waals surface area contributed by atoms with Crippen LogP contribution in [0.5, 0.6) is 5.75 Å². The maximum atomic E-state index is 5.98. The number of benzene rings is 2. The van der Waals surface area contributed by atoms with Crippen molar-refractivity contribution in [1.29, 1.82) is 0 Å². The van der Waals surface area contributed by atoms with Crippen LogP contribution in [0.3, 0.4) is 0 Å². The van der Waals surface area contributed by atoms with E-state index in [0.29, 0.717) is 24.0 Å². The van der Waals surface area contributed by atoms with Crippen LogP contribution in [0.25, 0.3) is 34.3 Å². The molecule has 0 spiro atoms. The van der Waals surface area contributed by atoms with Gasteiger partial charge in [0.25, 0.3) is 5.89 Å². The van der Waals surface area contributed by atoms with E-state index in [0.717, 1.165) is 22.3 Å². The third kappa shape index (κ3) is 2.82. The summed E-state index contributed by atoms with van der Waals surface area (Å²) in [5.41, 5.74) is 1.56. The SMILES string of the molecule is c1ccc(OCc2c(-c3nc(-c4ncn[nH]4)no3)oc3ccccc23)cc1. The molecule has 0 fully saturated rings. The van der Waals surface area contributed by atoms with Crippen LogP contribution in [-0.4, -0.2) is 25.3 Å². The summed E-state index contributed by atoms with van der Waals surface area (Å²) in [5.74, 6) is 2.22. The fourth-order valence-corrected chi connectivity index (χ4v) is 2.81. The van der Waals surface area contributed by atoms with Gasteiger partial charge < -0.3 is 13.7 Å². The highest BCUT2D eigenvalue weighted by atomic mass is 16.5. The molecule has 0 aliphatic heterocycles. The van der Waals surface area contributed by atoms with Crippen molar-refractivity contribution in [3.63, 3.8) is 0 Å². The minimum atomic E-state index is 0.254. The Labute approximate surface area is 152 Å². The summed E-state index contributed by atoms with van der Waals surface area (Å²) in [4.78, 5) is 8.40. The van der Waals surface area contributed by atoms with E-state index >= 15 is 0 Å². The van der Waals surface area contributed by atoms with Crippen LogP contribution < -0.4 is 4.74 Å². The highest BCUT2D eigenvalue weighted by molar-refractivity contribution is 5.86. The zero-order chi connectivity index (χ0) is 18.1. The van der Waals surface area contributed by atoms with Crippen molar-refractivity contribution < 1.29 is 13.7 Å². The number of hydrogen-bond donors (Lipinski definition) is 1. The Morgan fingerprint density at radius 1 is 1.00 bits per heavy atom. The Morgan fingerprint density at radius 2 is 1.85 bits per heavy atom. The Balaban J connectivity index is 1.55. The summed E-state index contributed by atoms with van der Waals surface area (Å²) in [6, 6.07) is 17.3. The van der Waals surface area contributed by atoms with E-state index in [1.54, 1.807) is 0 Å². The molecule has 0 unspecified atom stereocenters. The van der Waals surface area contributed by atoms with Crippen LogP contribution >= 0.6 is 0 Å². The quantitative estimate of drug-likeness (QED) is 0.508. The average Bonchev–Trinajstić information content (AvgIpc) is 3.45. The fraction of sp³-hybridized carbons (Fsp3) is 0.0526. The number of rotatable bonds is 5. The van der Waals surface area contributed by atoms with Gasteiger partial charge >= 0.3 is 0 Å². The summed E-state index contributed by atoms with van der Waals surface area (Å²) in [6.45, 7) is 0.302. The topological polar surface area (TPSA) is 103 Å². The lowest BCUT2D eigenvalue weighted by Crippen LogP contribution is -1.96. The van der Waals surface area contributed by atoms with Crippen LogP contribution in [0, 0.1) is 0 Å². The molecule has 1 N–H and O–H groups in total. The van der Waals surface area contributed by atoms with Crippen LogP contribution in [0.2, 0.25) is 0 Å². The van der Waals surface area contributed by atoms with Gasteiger partial charge in [-0.1, -0.05) is 41.6 Å². The number of para-hydroxylation sites is 2. The van der Waals surface area contributed by atoms with Crippen molar-refractivity contribution in [2.45, 2.75) is 6.61 Å². The number of aromatic nitrogens is 5. The second-order valence-corrected chi connectivity index (χ2v) is 5.76. The van der Waals surface area contributed by atoms with E-state index in [1.165, 1.54) is 6.33 Å². The minimum absolute atomic E-state index is 0.254. The molecule has 0 aliphatic rings. The molecule has 0 aliphatic carbocycles. The molecule has 8 heteroatoms. The molecule has 3 heterocycles. The highest BCUT2D eigenvalue weighted by Gasteiger charge is 2.22. The van der Waals surface area contributed by atoms with E-state index in [2.05, 4.69) is 25.3 Å². The lowest BCUT2D eigenvalue weighted by Gasteiger charge is -2.05. The van der Waals surface area contributed by atoms with Crippen molar-refractivity contribution in [1.82, 2.24) is 25.3 Å². The van der Waals surface area contributed by atoms with Gasteiger partial charge in [0.2, 0.25) is 5.82 Å². The summed E-state index contributed by atoms with van der Waals surface area (Å²) in [6.07, 6.45) is 1.38. The van der Waals surface area contributed by atoms with Crippen LogP contribution in [0.4, 0.5) is 0 Å². The fourth-order valence-electron chi connectivity index (χ4n) is 2.81. The number of furan rings is 1. The van der Waals surface area contributed by atoms with Crippen LogP contribution in [0.15, 0.2) is 69.9 Å². The minimum Gasteiger partial charge on any atom is -0.489 e. The Bertz CT molecular complexity index is 1180. The molecule has 5 rings (SSSR count). The number of ether oxygens (including phenoxy) is 1. The van der Waals surface area contributed by atoms with Crippen LogP contribution in [0.1, 0.15) is 5.56 Å². The molecule has 0 saturated heterocycles. The monoisotopic (exact) mass is 359 g/mol. The lowest BCUT2D eigenvalue weighted by molar-refractivity contribution is 0.305. The second-order valence-electron chi connectivity index (χ2n) is 5.76. The van der Waals surface area contributed by atoms with Gasteiger partial charge in [0, 0.05) is 10.9 Å². The standard InChI is InChI=1S/C19H13N5O3/c1-2-6-12(7-3-1)25-10-14-13-8-4-5-9-15(13)26-16(14)19-22-18(24-27-19)17-20-11-21-23-17/h1-9,11H,10H2,(H,20,21,23). The normalized spacial score (nSPS) is 11.1. The first-order chi connectivity index (χ1) is 13.4. The van der Waals surface area contributed by atoms with Gasteiger partial charge in [0.1, 0.15) is 24.3 Å². The van der Waals surface area contributed by atoms with Crippen LogP contribution in [-0.2, 0) is 6.61 Å². The first-order valence-electron chi connectivity index (χ1n) is 8.26. The predicted octanol–water partition coefficient (Wildman–Crippen LogP) is 3.85. The van der Waals surface area contributed by atoms with E-state index in [-0.39, 0.29) is 5.89 Å². The van der Waals surface area contributed by atoms with Gasteiger partial charge in [-0.05, 0) is 18.2 Å². The molecule has 0 atom stereocenters. The molecule has 27 heavy (non-hydrogen) atoms. The van der Waals surface area contributed by atoms with Gasteiger partial charge in [-0.25, -0.2) is 4.98 Å². The molecule has 8 nitrogen and oxygen atoms in total. The molecule has 0 saturated carbocycles. The van der Waals surface area contributed by atoms with E-state index < -0.39 is 0 Å². The smallest absolute Gasteiger partial charge is 0.294 e. The maximum absolute atomic E-state index is 5.98. The van der Waals surface area contributed by atoms with Gasteiger partial charge in [-0.15, -0.1) is 0 Å². The maximum Gasteiger partial charge on any atom is 0.294 e. The Kier molecular flexibility index (Phi) is 3.64. The molecule has 5 aromatic rings. The van der Waals surface area contributed by atoms with Crippen molar-refractivity contribution in [3.05, 3.63) is 66.5 Å². The van der Waals surface area contributed by atoms with Gasteiger partial charge in [0.05, 0.1) is 0 Å². The molecule has 132 valence electrons. The summed E-state index contributed by atoms with van der Waals surface area (Å²) >= 11 is 0. The van der Waals surface area contributed by atoms with E-state index in [1.807, 2.05) is 54.6 Å². The molecule has 0 radical (unpaired) electrons. The second kappa shape index (κ2) is 6.41. The summed E-state index contributed by atoms with van der Waals surface area (Å²) in [7, 11) is 0. The number of hydrogen-bond acceptors (Lipinski definition) is 7. The first kappa shape index (κ1) is 15.3. The van der Waals surface area contributed by atoms with Gasteiger partial charge in [0.15, 0.2) is 11.6 Å². The third-order valence-corrected chi connectivity index (χ3v) is 4.07. The molecule has 0 bridgehead atoms. The molecular formula is C19H13N5O3. The molecule has 3 aromatic heterocycles. The van der Waals surface area contributed by atoms with Gasteiger partial charge in [-0.3, -0.25) is 5.10 Å². The average molecular weight is 359 g/mol. The highest BCUT2D eigenvalue weighted by Crippen LogP contribution is 2.34. The number of aromatic amines is 1. The molecule has 0 amide bonds. The van der Waals surface area contributed by atoms with Crippen molar-refractivity contribution in [3.8, 4) is 29.0 Å². The zero-order valence-electron chi connectivity index (χ0n) is 14.0. The number of nitrogens with one attached hydrogen (secondary N) is 1. The Hall–Kier alpha value is -3.94. The summed E-state index contributed by atoms with van der Waals surface area (Å²) < 4.78 is 17.3. The largest absolute Gasteiger partial charge is 0.489 e. The number of H-pyrrole nitrogens is 1. The van der Waals surface area contributed by atoms with Gasteiger partial charge in [-0.2, -0.15) is 10.1 Å². The van der Waals surface area contributed by atoms with Crippen molar-refractivity contribution in [2.75, 3.05) is 0 Å². The van der Waals surface area contributed by atoms with Crippen molar-refractivity contribution in [2.24, 2.45) is 0 Å². The summed E-state index contributed by atoms with van der Waals surface area (Å²) in [5, 5.41) is 11.4.